The molecule has 0 aliphatic rings. The number of ether oxygens (including phenoxy) is 2. The first-order valence-corrected chi connectivity index (χ1v) is 6.89. The Morgan fingerprint density at radius 2 is 2.04 bits per heavy atom. The van der Waals surface area contributed by atoms with Gasteiger partial charge in [0.25, 0.3) is 0 Å². The van der Waals surface area contributed by atoms with Gasteiger partial charge < -0.3 is 9.47 Å². The molecule has 8 heteroatoms. The molecule has 3 aromatic rings. The molecular weight excluding hydrogens is 298 g/mol. The minimum atomic E-state index is -0.346. The van der Waals surface area contributed by atoms with Crippen LogP contribution < -0.4 is 15.2 Å². The van der Waals surface area contributed by atoms with Crippen LogP contribution in [0.25, 0.3) is 5.69 Å². The molecule has 8 nitrogen and oxygen atoms in total. The summed E-state index contributed by atoms with van der Waals surface area (Å²) in [5.74, 6) is 1.22. The number of aromatic nitrogens is 5. The minimum Gasteiger partial charge on any atom is -0.496 e. The third-order valence-corrected chi connectivity index (χ3v) is 3.30. The van der Waals surface area contributed by atoms with Gasteiger partial charge in [0.05, 0.1) is 24.6 Å². The van der Waals surface area contributed by atoms with Gasteiger partial charge in [-0.15, -0.1) is 0 Å². The van der Waals surface area contributed by atoms with Crippen LogP contribution in [0.5, 0.6) is 11.5 Å². The fraction of sp³-hybridized carbons (Fsp3) is 0.200. The lowest BCUT2D eigenvalue weighted by Gasteiger charge is -2.13. The van der Waals surface area contributed by atoms with E-state index in [9.17, 15) is 4.79 Å². The van der Waals surface area contributed by atoms with Crippen LogP contribution >= 0.6 is 0 Å². The van der Waals surface area contributed by atoms with Crippen molar-refractivity contribution in [1.82, 2.24) is 24.8 Å². The number of hydrogen-bond acceptors (Lipinski definition) is 6. The fourth-order valence-corrected chi connectivity index (χ4v) is 2.14. The number of tetrazole rings is 1. The normalized spacial score (nSPS) is 10.5. The number of pyridine rings is 1. The quantitative estimate of drug-likeness (QED) is 0.697. The average Bonchev–Trinajstić information content (AvgIpc) is 2.92. The molecule has 0 aliphatic heterocycles. The maximum atomic E-state index is 12.1. The van der Waals surface area contributed by atoms with E-state index < -0.39 is 0 Å². The van der Waals surface area contributed by atoms with Crippen LogP contribution in [0.2, 0.25) is 0 Å². The Morgan fingerprint density at radius 3 is 2.70 bits per heavy atom. The van der Waals surface area contributed by atoms with E-state index in [-0.39, 0.29) is 12.3 Å². The molecule has 0 spiro atoms. The average molecular weight is 313 g/mol. The molecule has 118 valence electrons. The van der Waals surface area contributed by atoms with E-state index in [1.54, 1.807) is 49.8 Å². The van der Waals surface area contributed by atoms with E-state index in [0.717, 1.165) is 4.68 Å². The van der Waals surface area contributed by atoms with E-state index >= 15 is 0 Å². The number of nitrogens with zero attached hydrogens (tertiary/aromatic N) is 5. The Hall–Kier alpha value is -3.16. The van der Waals surface area contributed by atoms with Crippen molar-refractivity contribution >= 4 is 0 Å². The molecule has 0 amide bonds. The zero-order chi connectivity index (χ0) is 16.2. The molecule has 3 rings (SSSR count). The molecule has 2 aromatic heterocycles. The molecule has 0 saturated heterocycles. The summed E-state index contributed by atoms with van der Waals surface area (Å²) in [5, 5.41) is 7.60. The first kappa shape index (κ1) is 14.8. The van der Waals surface area contributed by atoms with Crippen LogP contribution in [0.4, 0.5) is 0 Å². The summed E-state index contributed by atoms with van der Waals surface area (Å²) in [7, 11) is 3.10. The molecule has 0 atom stereocenters. The fourth-order valence-electron chi connectivity index (χ4n) is 2.14. The highest BCUT2D eigenvalue weighted by atomic mass is 16.5. The van der Waals surface area contributed by atoms with E-state index in [1.807, 2.05) is 0 Å². The molecule has 2 heterocycles. The Bertz CT molecular complexity index is 857. The largest absolute Gasteiger partial charge is 0.496 e. The lowest BCUT2D eigenvalue weighted by atomic mass is 10.1. The topological polar surface area (TPSA) is 84.1 Å². The zero-order valence-electron chi connectivity index (χ0n) is 12.7. The van der Waals surface area contributed by atoms with Gasteiger partial charge in [0.1, 0.15) is 18.1 Å². The number of rotatable bonds is 5. The summed E-state index contributed by atoms with van der Waals surface area (Å²) in [4.78, 5) is 16.1. The molecule has 0 saturated carbocycles. The van der Waals surface area contributed by atoms with Crippen molar-refractivity contribution in [1.29, 1.82) is 0 Å². The number of methoxy groups -OCH3 is 1. The molecule has 0 aliphatic carbocycles. The molecule has 1 aromatic carbocycles. The van der Waals surface area contributed by atoms with Crippen LogP contribution in [-0.2, 0) is 13.7 Å². The third kappa shape index (κ3) is 2.91. The van der Waals surface area contributed by atoms with E-state index in [4.69, 9.17) is 9.47 Å². The Kier molecular flexibility index (Phi) is 4.05. The van der Waals surface area contributed by atoms with E-state index in [2.05, 4.69) is 15.4 Å². The molecule has 0 N–H and O–H groups in total. The molecule has 0 bridgehead atoms. The molecule has 0 radical (unpaired) electrons. The van der Waals surface area contributed by atoms with Gasteiger partial charge in [0.2, 0.25) is 0 Å². The van der Waals surface area contributed by atoms with Crippen LogP contribution in [-0.4, -0.2) is 31.9 Å². The maximum absolute atomic E-state index is 12.1. The van der Waals surface area contributed by atoms with Crippen LogP contribution in [0.3, 0.4) is 0 Å². The second-order valence-electron chi connectivity index (χ2n) is 4.73. The van der Waals surface area contributed by atoms with Crippen molar-refractivity contribution in [2.24, 2.45) is 7.05 Å². The van der Waals surface area contributed by atoms with Crippen molar-refractivity contribution < 1.29 is 9.47 Å². The molecule has 0 fully saturated rings. The predicted molar refractivity (Wildman–Crippen MR) is 81.7 cm³/mol. The lowest BCUT2D eigenvalue weighted by molar-refractivity contribution is 0.295. The van der Waals surface area contributed by atoms with Crippen molar-refractivity contribution in [3.8, 4) is 17.2 Å². The SMILES string of the molecule is COc1cccc(-n2nnn(C)c2=O)c1COc1cccnc1. The molecular formula is C15H15N5O3. The van der Waals surface area contributed by atoms with Gasteiger partial charge in [0, 0.05) is 13.2 Å². The maximum Gasteiger partial charge on any atom is 0.368 e. The van der Waals surface area contributed by atoms with Gasteiger partial charge in [-0.1, -0.05) is 6.07 Å². The standard InChI is InChI=1S/C15H15N5O3/c1-19-15(21)20(18-17-19)13-6-3-7-14(22-2)12(13)10-23-11-5-4-8-16-9-11/h3-9H,10H2,1-2H3. The van der Waals surface area contributed by atoms with Crippen molar-refractivity contribution in [2.75, 3.05) is 7.11 Å². The summed E-state index contributed by atoms with van der Waals surface area (Å²) in [6.07, 6.45) is 3.28. The summed E-state index contributed by atoms with van der Waals surface area (Å²) in [6.45, 7) is 0.202. The summed E-state index contributed by atoms with van der Waals surface area (Å²) >= 11 is 0. The second kappa shape index (κ2) is 6.30. The second-order valence-corrected chi connectivity index (χ2v) is 4.73. The molecule has 0 unspecified atom stereocenters. The van der Waals surface area contributed by atoms with Gasteiger partial charge in [0.15, 0.2) is 0 Å². The van der Waals surface area contributed by atoms with Crippen LogP contribution in [0.15, 0.2) is 47.5 Å². The first-order chi connectivity index (χ1) is 11.2. The monoisotopic (exact) mass is 313 g/mol. The minimum absolute atomic E-state index is 0.202. The highest BCUT2D eigenvalue weighted by molar-refractivity contribution is 5.49. The Balaban J connectivity index is 2.00. The molecule has 23 heavy (non-hydrogen) atoms. The summed E-state index contributed by atoms with van der Waals surface area (Å²) in [5.41, 5.74) is 0.911. The Morgan fingerprint density at radius 1 is 1.17 bits per heavy atom. The van der Waals surface area contributed by atoms with Crippen LogP contribution in [0.1, 0.15) is 5.56 Å². The van der Waals surface area contributed by atoms with Gasteiger partial charge in [-0.3, -0.25) is 4.98 Å². The lowest BCUT2D eigenvalue weighted by Crippen LogP contribution is -2.23. The van der Waals surface area contributed by atoms with Crippen molar-refractivity contribution in [3.63, 3.8) is 0 Å². The predicted octanol–water partition coefficient (Wildman–Crippen LogP) is 0.949. The first-order valence-electron chi connectivity index (χ1n) is 6.89. The van der Waals surface area contributed by atoms with Gasteiger partial charge in [-0.05, 0) is 34.7 Å². The highest BCUT2D eigenvalue weighted by Crippen LogP contribution is 2.25. The van der Waals surface area contributed by atoms with Crippen LogP contribution in [0, 0.1) is 0 Å². The smallest absolute Gasteiger partial charge is 0.368 e. The third-order valence-electron chi connectivity index (χ3n) is 3.30. The van der Waals surface area contributed by atoms with Crippen molar-refractivity contribution in [2.45, 2.75) is 6.61 Å². The highest BCUT2D eigenvalue weighted by Gasteiger charge is 2.15. The van der Waals surface area contributed by atoms with E-state index in [0.29, 0.717) is 22.7 Å². The number of aryl methyl sites for hydroxylation is 1. The zero-order valence-corrected chi connectivity index (χ0v) is 12.7. The summed E-state index contributed by atoms with van der Waals surface area (Å²) < 4.78 is 13.5. The Labute approximate surface area is 131 Å². The number of hydrogen-bond donors (Lipinski definition) is 0. The van der Waals surface area contributed by atoms with Gasteiger partial charge >= 0.3 is 5.69 Å². The van der Waals surface area contributed by atoms with E-state index in [1.165, 1.54) is 11.7 Å². The van der Waals surface area contributed by atoms with Gasteiger partial charge in [-0.25, -0.2) is 4.79 Å². The summed E-state index contributed by atoms with van der Waals surface area (Å²) in [6, 6.07) is 8.93. The number of benzene rings is 1. The van der Waals surface area contributed by atoms with Crippen molar-refractivity contribution in [3.05, 3.63) is 58.8 Å². The van der Waals surface area contributed by atoms with Gasteiger partial charge in [-0.2, -0.15) is 9.36 Å².